The summed E-state index contributed by atoms with van der Waals surface area (Å²) < 4.78 is 1.87. The molecule has 16 heavy (non-hydrogen) atoms. The quantitative estimate of drug-likeness (QED) is 0.680. The molecule has 0 atom stereocenters. The maximum absolute atomic E-state index is 4.21. The van der Waals surface area contributed by atoms with E-state index in [-0.39, 0.29) is 0 Å². The monoisotopic (exact) mass is 350 g/mol. The lowest BCUT2D eigenvalue weighted by Gasteiger charge is -2.29. The summed E-state index contributed by atoms with van der Waals surface area (Å²) in [5, 5.41) is 6.35. The van der Waals surface area contributed by atoms with E-state index < -0.39 is 0 Å². The van der Waals surface area contributed by atoms with Crippen LogP contribution in [0.4, 0.5) is 0 Å². The van der Waals surface area contributed by atoms with E-state index in [2.05, 4.69) is 50.1 Å². The minimum atomic E-state index is 0.393. The molecular weight excluding hydrogens is 332 g/mol. The minimum Gasteiger partial charge on any atom is -0.276 e. The molecule has 0 unspecified atom stereocenters. The van der Waals surface area contributed by atoms with Crippen molar-refractivity contribution in [3.05, 3.63) is 18.0 Å². The van der Waals surface area contributed by atoms with Crippen molar-refractivity contribution in [3.8, 4) is 0 Å². The van der Waals surface area contributed by atoms with Crippen molar-refractivity contribution in [2.75, 3.05) is 10.7 Å². The molecule has 0 amide bonds. The third-order valence-corrected chi connectivity index (χ3v) is 5.43. The van der Waals surface area contributed by atoms with Crippen LogP contribution >= 0.6 is 31.9 Å². The molecule has 0 N–H and O–H groups in total. The lowest BCUT2D eigenvalue weighted by Crippen LogP contribution is -2.25. The molecular formula is C12H20Br2N2. The van der Waals surface area contributed by atoms with Gasteiger partial charge in [0.25, 0.3) is 0 Å². The highest BCUT2D eigenvalue weighted by Gasteiger charge is 2.26. The lowest BCUT2D eigenvalue weighted by molar-refractivity contribution is 0.326. The Morgan fingerprint density at radius 3 is 2.44 bits per heavy atom. The van der Waals surface area contributed by atoms with Gasteiger partial charge in [0, 0.05) is 23.9 Å². The summed E-state index contributed by atoms with van der Waals surface area (Å²) in [6.07, 6.45) is 8.92. The predicted octanol–water partition coefficient (Wildman–Crippen LogP) is 3.93. The first-order valence-corrected chi connectivity index (χ1v) is 7.99. The molecule has 1 rings (SSSR count). The number of nitrogens with zero attached hydrogens (tertiary/aromatic N) is 2. The van der Waals surface area contributed by atoms with Crippen LogP contribution in [0.1, 0.15) is 31.7 Å². The topological polar surface area (TPSA) is 17.8 Å². The van der Waals surface area contributed by atoms with Gasteiger partial charge in [0.15, 0.2) is 0 Å². The molecule has 0 spiro atoms. The molecule has 0 aromatic carbocycles. The van der Waals surface area contributed by atoms with Gasteiger partial charge in [0.05, 0.1) is 6.20 Å². The van der Waals surface area contributed by atoms with E-state index in [1.165, 1.54) is 24.8 Å². The van der Waals surface area contributed by atoms with E-state index >= 15 is 0 Å². The third-order valence-electron chi connectivity index (χ3n) is 3.05. The second-order valence-corrected chi connectivity index (χ2v) is 5.66. The first kappa shape index (κ1) is 14.2. The lowest BCUT2D eigenvalue weighted by atomic mass is 9.82. The Bertz CT molecular complexity index is 306. The fourth-order valence-corrected chi connectivity index (χ4v) is 4.02. The van der Waals surface area contributed by atoms with Gasteiger partial charge in [-0.15, -0.1) is 0 Å². The molecule has 0 bridgehead atoms. The molecule has 1 aromatic heterocycles. The molecule has 92 valence electrons. The van der Waals surface area contributed by atoms with E-state index in [4.69, 9.17) is 0 Å². The van der Waals surface area contributed by atoms with Crippen LogP contribution in [0.5, 0.6) is 0 Å². The molecule has 0 saturated heterocycles. The van der Waals surface area contributed by atoms with Crippen molar-refractivity contribution in [1.82, 2.24) is 9.78 Å². The number of aromatic nitrogens is 2. The predicted molar refractivity (Wildman–Crippen MR) is 76.5 cm³/mol. The van der Waals surface area contributed by atoms with Crippen molar-refractivity contribution < 1.29 is 0 Å². The molecule has 2 nitrogen and oxygen atoms in total. The average Bonchev–Trinajstić information content (AvgIpc) is 2.71. The number of rotatable bonds is 7. The van der Waals surface area contributed by atoms with Crippen LogP contribution in [-0.4, -0.2) is 20.4 Å². The summed E-state index contributed by atoms with van der Waals surface area (Å²) in [6, 6.07) is 0. The molecule has 0 aliphatic heterocycles. The Labute approximate surface area is 115 Å². The molecule has 0 fully saturated rings. The van der Waals surface area contributed by atoms with Crippen LogP contribution in [-0.2, 0) is 13.5 Å². The number of hydrogen-bond donors (Lipinski definition) is 0. The van der Waals surface area contributed by atoms with Gasteiger partial charge in [-0.3, -0.25) is 4.68 Å². The Balaban J connectivity index is 2.55. The van der Waals surface area contributed by atoms with Crippen LogP contribution in [0.3, 0.4) is 0 Å². The molecule has 0 aliphatic rings. The van der Waals surface area contributed by atoms with Gasteiger partial charge in [-0.25, -0.2) is 0 Å². The molecule has 0 saturated carbocycles. The van der Waals surface area contributed by atoms with Crippen LogP contribution in [0, 0.1) is 5.41 Å². The van der Waals surface area contributed by atoms with Crippen LogP contribution in [0.2, 0.25) is 0 Å². The number of aryl methyl sites for hydroxylation is 2. The summed E-state index contributed by atoms with van der Waals surface area (Å²) in [6.45, 7) is 2.25. The fourth-order valence-electron chi connectivity index (χ4n) is 1.97. The minimum absolute atomic E-state index is 0.393. The molecule has 4 heteroatoms. The van der Waals surface area contributed by atoms with Crippen LogP contribution in [0.25, 0.3) is 0 Å². The zero-order valence-corrected chi connectivity index (χ0v) is 13.2. The smallest absolute Gasteiger partial charge is 0.0521 e. The summed E-state index contributed by atoms with van der Waals surface area (Å²) >= 11 is 7.32. The number of hydrogen-bond acceptors (Lipinski definition) is 1. The highest BCUT2D eigenvalue weighted by molar-refractivity contribution is 9.09. The third kappa shape index (κ3) is 3.88. The SMILES string of the molecule is CCCC(CBr)(CBr)CCc1cnn(C)c1. The molecule has 0 aliphatic carbocycles. The second kappa shape index (κ2) is 6.80. The van der Waals surface area contributed by atoms with Crippen molar-refractivity contribution >= 4 is 31.9 Å². The highest BCUT2D eigenvalue weighted by Crippen LogP contribution is 2.34. The molecule has 0 radical (unpaired) electrons. The zero-order valence-electron chi connectivity index (χ0n) is 10.0. The average molecular weight is 352 g/mol. The Hall–Kier alpha value is 0.170. The maximum Gasteiger partial charge on any atom is 0.0521 e. The Kier molecular flexibility index (Phi) is 6.05. The van der Waals surface area contributed by atoms with E-state index in [1.54, 1.807) is 0 Å². The van der Waals surface area contributed by atoms with Gasteiger partial charge in [-0.1, -0.05) is 45.2 Å². The van der Waals surface area contributed by atoms with Gasteiger partial charge in [0.1, 0.15) is 0 Å². The van der Waals surface area contributed by atoms with E-state index in [0.29, 0.717) is 5.41 Å². The Morgan fingerprint density at radius 2 is 2.00 bits per heavy atom. The van der Waals surface area contributed by atoms with Crippen molar-refractivity contribution in [3.63, 3.8) is 0 Å². The van der Waals surface area contributed by atoms with Gasteiger partial charge < -0.3 is 0 Å². The highest BCUT2D eigenvalue weighted by atomic mass is 79.9. The number of halogens is 2. The molecule has 1 aromatic rings. The summed E-state index contributed by atoms with van der Waals surface area (Å²) in [5.74, 6) is 0. The van der Waals surface area contributed by atoms with Gasteiger partial charge in [-0.05, 0) is 30.2 Å². The second-order valence-electron chi connectivity index (χ2n) is 4.54. The first-order chi connectivity index (χ1) is 7.65. The fraction of sp³-hybridized carbons (Fsp3) is 0.750. The summed E-state index contributed by atoms with van der Waals surface area (Å²) in [4.78, 5) is 0. The van der Waals surface area contributed by atoms with Gasteiger partial charge in [-0.2, -0.15) is 5.10 Å². The maximum atomic E-state index is 4.21. The van der Waals surface area contributed by atoms with E-state index in [1.807, 2.05) is 17.9 Å². The summed E-state index contributed by atoms with van der Waals surface area (Å²) in [7, 11) is 1.97. The van der Waals surface area contributed by atoms with E-state index in [9.17, 15) is 0 Å². The zero-order chi connectivity index (χ0) is 12.0. The van der Waals surface area contributed by atoms with Gasteiger partial charge in [0.2, 0.25) is 0 Å². The Morgan fingerprint density at radius 1 is 1.31 bits per heavy atom. The first-order valence-electron chi connectivity index (χ1n) is 5.75. The largest absolute Gasteiger partial charge is 0.276 e. The van der Waals surface area contributed by atoms with Crippen LogP contribution < -0.4 is 0 Å². The van der Waals surface area contributed by atoms with E-state index in [0.717, 1.165) is 17.1 Å². The molecule has 1 heterocycles. The summed E-state index contributed by atoms with van der Waals surface area (Å²) in [5.41, 5.74) is 1.73. The van der Waals surface area contributed by atoms with Crippen LogP contribution in [0.15, 0.2) is 12.4 Å². The standard InChI is InChI=1S/C12H20Br2N2/c1-3-5-12(9-13,10-14)6-4-11-7-15-16(2)8-11/h7-8H,3-6,9-10H2,1-2H3. The van der Waals surface area contributed by atoms with Crippen molar-refractivity contribution in [2.45, 2.75) is 32.6 Å². The van der Waals surface area contributed by atoms with Crippen molar-refractivity contribution in [1.29, 1.82) is 0 Å². The number of alkyl halides is 2. The normalized spacial score (nSPS) is 12.0. The van der Waals surface area contributed by atoms with Gasteiger partial charge >= 0.3 is 0 Å². The van der Waals surface area contributed by atoms with Crippen molar-refractivity contribution in [2.24, 2.45) is 12.5 Å².